The standard InChI is InChI=1S/C9H9NO4S/c11-8-3-1-2-7-6(8)4-15(13,14)5-9(12)10-7/h1-3,11H,4-5H2,(H,10,12). The van der Waals surface area contributed by atoms with Gasteiger partial charge in [-0.15, -0.1) is 0 Å². The molecule has 0 unspecified atom stereocenters. The number of fused-ring (bicyclic) bond motifs is 1. The fraction of sp³-hybridized carbons (Fsp3) is 0.222. The molecule has 80 valence electrons. The van der Waals surface area contributed by atoms with Crippen molar-refractivity contribution in [2.24, 2.45) is 0 Å². The average Bonchev–Trinajstić information content (AvgIpc) is 2.20. The molecule has 1 heterocycles. The minimum atomic E-state index is -3.48. The van der Waals surface area contributed by atoms with Gasteiger partial charge in [-0.3, -0.25) is 4.79 Å². The number of phenols is 1. The van der Waals surface area contributed by atoms with E-state index in [1.54, 1.807) is 12.1 Å². The number of carbonyl (C=O) groups excluding carboxylic acids is 1. The fourth-order valence-corrected chi connectivity index (χ4v) is 2.82. The highest BCUT2D eigenvalue weighted by Gasteiger charge is 2.25. The predicted molar refractivity (Wildman–Crippen MR) is 54.2 cm³/mol. The Morgan fingerprint density at radius 3 is 2.73 bits per heavy atom. The summed E-state index contributed by atoms with van der Waals surface area (Å²) in [5.74, 6) is -1.54. The van der Waals surface area contributed by atoms with Crippen LogP contribution in [0.1, 0.15) is 5.56 Å². The van der Waals surface area contributed by atoms with Crippen molar-refractivity contribution in [3.05, 3.63) is 23.8 Å². The number of anilines is 1. The predicted octanol–water partition coefficient (Wildman–Crippen LogP) is 0.259. The summed E-state index contributed by atoms with van der Waals surface area (Å²) in [5, 5.41) is 11.9. The van der Waals surface area contributed by atoms with Crippen LogP contribution in [-0.4, -0.2) is 25.2 Å². The largest absolute Gasteiger partial charge is 0.508 e. The van der Waals surface area contributed by atoms with Gasteiger partial charge < -0.3 is 10.4 Å². The summed E-state index contributed by atoms with van der Waals surface area (Å²) >= 11 is 0. The Bertz CT molecular complexity index is 521. The first kappa shape index (κ1) is 9.97. The number of rotatable bonds is 0. The highest BCUT2D eigenvalue weighted by molar-refractivity contribution is 7.91. The van der Waals surface area contributed by atoms with Crippen molar-refractivity contribution in [3.8, 4) is 5.75 Å². The third-order valence-corrected chi connectivity index (χ3v) is 3.57. The second kappa shape index (κ2) is 3.23. The van der Waals surface area contributed by atoms with E-state index in [4.69, 9.17) is 0 Å². The monoisotopic (exact) mass is 227 g/mol. The van der Waals surface area contributed by atoms with E-state index in [2.05, 4.69) is 5.32 Å². The number of nitrogens with one attached hydrogen (secondary N) is 1. The first-order chi connectivity index (χ1) is 6.98. The van der Waals surface area contributed by atoms with Gasteiger partial charge in [-0.25, -0.2) is 8.42 Å². The number of sulfone groups is 1. The van der Waals surface area contributed by atoms with Crippen LogP contribution < -0.4 is 5.32 Å². The second-order valence-electron chi connectivity index (χ2n) is 3.38. The maximum Gasteiger partial charge on any atom is 0.239 e. The normalized spacial score (nSPS) is 18.8. The topological polar surface area (TPSA) is 83.5 Å². The second-order valence-corrected chi connectivity index (χ2v) is 5.45. The molecule has 1 aliphatic rings. The van der Waals surface area contributed by atoms with Gasteiger partial charge in [0.05, 0.1) is 5.75 Å². The molecule has 0 spiro atoms. The molecule has 0 bridgehead atoms. The number of hydrogen-bond donors (Lipinski definition) is 2. The van der Waals surface area contributed by atoms with E-state index >= 15 is 0 Å². The maximum atomic E-state index is 11.4. The fourth-order valence-electron chi connectivity index (χ4n) is 1.50. The van der Waals surface area contributed by atoms with Crippen LogP contribution >= 0.6 is 0 Å². The SMILES string of the molecule is O=C1CS(=O)(=O)Cc2c(O)cccc2N1. The van der Waals surface area contributed by atoms with Gasteiger partial charge in [0.15, 0.2) is 9.84 Å². The molecule has 15 heavy (non-hydrogen) atoms. The summed E-state index contributed by atoms with van der Waals surface area (Å²) < 4.78 is 22.8. The number of benzene rings is 1. The Labute approximate surface area is 86.7 Å². The zero-order chi connectivity index (χ0) is 11.1. The van der Waals surface area contributed by atoms with E-state index in [-0.39, 0.29) is 17.1 Å². The number of amides is 1. The van der Waals surface area contributed by atoms with Gasteiger partial charge in [0, 0.05) is 11.3 Å². The van der Waals surface area contributed by atoms with E-state index in [1.165, 1.54) is 6.07 Å². The molecule has 5 nitrogen and oxygen atoms in total. The first-order valence-corrected chi connectivity index (χ1v) is 6.11. The molecule has 0 atom stereocenters. The molecule has 0 radical (unpaired) electrons. The average molecular weight is 227 g/mol. The summed E-state index contributed by atoms with van der Waals surface area (Å²) in [6.45, 7) is 0. The number of carbonyl (C=O) groups is 1. The molecule has 1 aliphatic heterocycles. The Hall–Kier alpha value is -1.56. The van der Waals surface area contributed by atoms with Crippen LogP contribution in [0.5, 0.6) is 5.75 Å². The van der Waals surface area contributed by atoms with Gasteiger partial charge in [0.1, 0.15) is 11.5 Å². The van der Waals surface area contributed by atoms with Crippen LogP contribution in [0.15, 0.2) is 18.2 Å². The molecule has 2 rings (SSSR count). The molecule has 1 aromatic rings. The van der Waals surface area contributed by atoms with Crippen molar-refractivity contribution in [2.75, 3.05) is 11.1 Å². The number of aromatic hydroxyl groups is 1. The molecule has 6 heteroatoms. The Morgan fingerprint density at radius 2 is 2.00 bits per heavy atom. The number of phenolic OH excluding ortho intramolecular Hbond substituents is 1. The number of hydrogen-bond acceptors (Lipinski definition) is 4. The smallest absolute Gasteiger partial charge is 0.239 e. The van der Waals surface area contributed by atoms with Crippen molar-refractivity contribution in [3.63, 3.8) is 0 Å². The maximum absolute atomic E-state index is 11.4. The van der Waals surface area contributed by atoms with Gasteiger partial charge in [0.25, 0.3) is 0 Å². The highest BCUT2D eigenvalue weighted by atomic mass is 32.2. The van der Waals surface area contributed by atoms with E-state index in [9.17, 15) is 18.3 Å². The molecule has 1 amide bonds. The quantitative estimate of drug-likeness (QED) is 0.666. The minimum absolute atomic E-state index is 0.113. The lowest BCUT2D eigenvalue weighted by atomic mass is 10.2. The highest BCUT2D eigenvalue weighted by Crippen LogP contribution is 2.29. The lowest BCUT2D eigenvalue weighted by Gasteiger charge is -2.06. The first-order valence-electron chi connectivity index (χ1n) is 4.29. The molecule has 0 aliphatic carbocycles. The molecule has 1 aromatic carbocycles. The summed E-state index contributed by atoms with van der Waals surface area (Å²) in [5.41, 5.74) is 0.615. The molecule has 0 saturated carbocycles. The van der Waals surface area contributed by atoms with Crippen molar-refractivity contribution in [2.45, 2.75) is 5.75 Å². The van der Waals surface area contributed by atoms with Crippen molar-refractivity contribution in [1.29, 1.82) is 0 Å². The van der Waals surface area contributed by atoms with Crippen LogP contribution in [0, 0.1) is 0 Å². The van der Waals surface area contributed by atoms with Crippen LogP contribution in [0.25, 0.3) is 0 Å². The van der Waals surface area contributed by atoms with Gasteiger partial charge in [-0.1, -0.05) is 6.07 Å². The van der Waals surface area contributed by atoms with Crippen molar-refractivity contribution >= 4 is 21.4 Å². The third kappa shape index (κ3) is 1.94. The van der Waals surface area contributed by atoms with E-state index < -0.39 is 21.5 Å². The molecule has 0 fully saturated rings. The zero-order valence-electron chi connectivity index (χ0n) is 7.73. The van der Waals surface area contributed by atoms with Crippen molar-refractivity contribution in [1.82, 2.24) is 0 Å². The molecule has 2 N–H and O–H groups in total. The molecule has 0 aromatic heterocycles. The Balaban J connectivity index is 2.60. The zero-order valence-corrected chi connectivity index (χ0v) is 8.54. The van der Waals surface area contributed by atoms with Crippen LogP contribution in [0.4, 0.5) is 5.69 Å². The summed E-state index contributed by atoms with van der Waals surface area (Å²) in [6, 6.07) is 4.51. The van der Waals surface area contributed by atoms with Crippen molar-refractivity contribution < 1.29 is 18.3 Å². The summed E-state index contributed by atoms with van der Waals surface area (Å²) in [6.07, 6.45) is 0. The molecule has 0 saturated heterocycles. The Kier molecular flexibility index (Phi) is 2.15. The van der Waals surface area contributed by atoms with Gasteiger partial charge >= 0.3 is 0 Å². The molecular weight excluding hydrogens is 218 g/mol. The lowest BCUT2D eigenvalue weighted by Crippen LogP contribution is -2.19. The van der Waals surface area contributed by atoms with Crippen LogP contribution in [-0.2, 0) is 20.4 Å². The van der Waals surface area contributed by atoms with E-state index in [0.717, 1.165) is 0 Å². The van der Waals surface area contributed by atoms with Gasteiger partial charge in [-0.2, -0.15) is 0 Å². The van der Waals surface area contributed by atoms with Gasteiger partial charge in [0.2, 0.25) is 5.91 Å². The van der Waals surface area contributed by atoms with Crippen LogP contribution in [0.2, 0.25) is 0 Å². The van der Waals surface area contributed by atoms with Crippen LogP contribution in [0.3, 0.4) is 0 Å². The Morgan fingerprint density at radius 1 is 1.27 bits per heavy atom. The van der Waals surface area contributed by atoms with E-state index in [1.807, 2.05) is 0 Å². The van der Waals surface area contributed by atoms with E-state index in [0.29, 0.717) is 5.69 Å². The summed E-state index contributed by atoms with van der Waals surface area (Å²) in [4.78, 5) is 11.2. The third-order valence-electron chi connectivity index (χ3n) is 2.14. The minimum Gasteiger partial charge on any atom is -0.508 e. The van der Waals surface area contributed by atoms with Gasteiger partial charge in [-0.05, 0) is 12.1 Å². The molecular formula is C9H9NO4S. The lowest BCUT2D eigenvalue weighted by molar-refractivity contribution is -0.113. The summed E-state index contributed by atoms with van der Waals surface area (Å²) in [7, 11) is -3.48.